The van der Waals surface area contributed by atoms with Crippen LogP contribution in [0, 0.1) is 0 Å². The predicted octanol–water partition coefficient (Wildman–Crippen LogP) is 23.7. The molecule has 0 bridgehead atoms. The van der Waals surface area contributed by atoms with E-state index in [1.54, 1.807) is 0 Å². The molecule has 0 amide bonds. The molecule has 0 N–H and O–H groups in total. The Morgan fingerprint density at radius 2 is 0.967 bits per heavy atom. The third kappa shape index (κ3) is 9.39. The minimum absolute atomic E-state index is 0.00344. The number of rotatable bonds is 6. The molecule has 15 rings (SSSR count). The Balaban J connectivity index is 1.11. The van der Waals surface area contributed by atoms with Gasteiger partial charge in [-0.15, -0.1) is 11.3 Å². The summed E-state index contributed by atoms with van der Waals surface area (Å²) < 4.78 is 2.70. The van der Waals surface area contributed by atoms with Crippen LogP contribution in [-0.4, -0.2) is 6.85 Å². The summed E-state index contributed by atoms with van der Waals surface area (Å²) in [6.45, 7) is 42.6. The molecule has 0 saturated heterocycles. The molecule has 0 spiro atoms. The molecule has 2 aliphatic carbocycles. The Morgan fingerprint density at radius 1 is 0.424 bits per heavy atom. The average molecular weight is 1220 g/mol. The van der Waals surface area contributed by atoms with Crippen molar-refractivity contribution in [3.8, 4) is 33.4 Å². The monoisotopic (exact) mass is 1220 g/mol. The van der Waals surface area contributed by atoms with Crippen molar-refractivity contribution < 1.29 is 0 Å². The smallest absolute Gasteiger partial charge is 0.333 e. The standard InChI is InChI=1S/C87H90BN3S/c1-81(2,3)54-28-35-58(36-29-54)89(59-37-30-55(31-38-59)82(4,5)6)61-41-43-70-72(49-61)90(71-44-34-57(84(10,11)12)48-64(71)53-24-20-19-21-25-53)73-51-65-62-26-22-23-27-67(62)87(17,18)78(65)77-63-42-45-74-76(66-50-68-69(52-75(66)92-74)86(15,16)47-46-85(68,13)14)80(63)91(88(70)79(73)77)60-39-32-56(33-40-60)83(7,8)9/h19-45,48-52H,46-47H2,1-18H3. The van der Waals surface area contributed by atoms with Gasteiger partial charge in [0.1, 0.15) is 0 Å². The first-order chi connectivity index (χ1) is 43.4. The minimum Gasteiger partial charge on any atom is -0.376 e. The lowest BCUT2D eigenvalue weighted by molar-refractivity contribution is 0.332. The quantitative estimate of drug-likeness (QED) is 0.154. The van der Waals surface area contributed by atoms with Gasteiger partial charge in [0.05, 0.1) is 5.69 Å². The van der Waals surface area contributed by atoms with Crippen LogP contribution in [-0.2, 0) is 37.9 Å². The van der Waals surface area contributed by atoms with Gasteiger partial charge in [-0.25, -0.2) is 0 Å². The number of nitrogens with zero attached hydrogens (tertiary/aromatic N) is 3. The zero-order valence-electron chi connectivity index (χ0n) is 57.7. The number of hydrogen-bond acceptors (Lipinski definition) is 4. The van der Waals surface area contributed by atoms with Gasteiger partial charge >= 0.3 is 6.85 Å². The van der Waals surface area contributed by atoms with Gasteiger partial charge in [0, 0.05) is 76.5 Å². The van der Waals surface area contributed by atoms with E-state index in [1.807, 2.05) is 11.3 Å². The van der Waals surface area contributed by atoms with Crippen molar-refractivity contribution in [3.05, 3.63) is 239 Å². The molecule has 0 atom stereocenters. The van der Waals surface area contributed by atoms with E-state index in [2.05, 4.69) is 333 Å². The average Bonchev–Trinajstić information content (AvgIpc) is 1.33. The Morgan fingerprint density at radius 3 is 1.57 bits per heavy atom. The molecule has 5 heteroatoms. The highest BCUT2D eigenvalue weighted by atomic mass is 32.1. The van der Waals surface area contributed by atoms with Crippen LogP contribution in [0.15, 0.2) is 194 Å². The van der Waals surface area contributed by atoms with Crippen molar-refractivity contribution in [2.24, 2.45) is 0 Å². The second kappa shape index (κ2) is 20.4. The molecule has 92 heavy (non-hydrogen) atoms. The van der Waals surface area contributed by atoms with Crippen molar-refractivity contribution >= 4 is 94.8 Å². The number of fused-ring (bicyclic) bond motifs is 13. The largest absolute Gasteiger partial charge is 0.376 e. The molecule has 1 aromatic heterocycles. The van der Waals surface area contributed by atoms with Crippen molar-refractivity contribution in [1.82, 2.24) is 0 Å². The highest BCUT2D eigenvalue weighted by Gasteiger charge is 2.51. The summed E-state index contributed by atoms with van der Waals surface area (Å²) in [4.78, 5) is 8.04. The van der Waals surface area contributed by atoms with Gasteiger partial charge in [0.15, 0.2) is 0 Å². The van der Waals surface area contributed by atoms with E-state index in [9.17, 15) is 0 Å². The second-order valence-corrected chi connectivity index (χ2v) is 34.4. The third-order valence-electron chi connectivity index (χ3n) is 21.7. The molecule has 462 valence electrons. The Kier molecular flexibility index (Phi) is 13.4. The Bertz CT molecular complexity index is 4740. The van der Waals surface area contributed by atoms with Crippen molar-refractivity contribution in [2.75, 3.05) is 14.6 Å². The number of hydrogen-bond donors (Lipinski definition) is 0. The molecular weight excluding hydrogens is 1130 g/mol. The van der Waals surface area contributed by atoms with Gasteiger partial charge in [-0.05, 0) is 208 Å². The van der Waals surface area contributed by atoms with Gasteiger partial charge in [0.25, 0.3) is 0 Å². The van der Waals surface area contributed by atoms with E-state index in [-0.39, 0.29) is 44.8 Å². The first-order valence-corrected chi connectivity index (χ1v) is 34.6. The maximum Gasteiger partial charge on any atom is 0.333 e. The van der Waals surface area contributed by atoms with E-state index < -0.39 is 0 Å². The lowest BCUT2D eigenvalue weighted by atomic mass is 9.42. The fourth-order valence-electron chi connectivity index (χ4n) is 16.2. The molecular formula is C87H90BN3S. The van der Waals surface area contributed by atoms with Crippen LogP contribution in [0.4, 0.5) is 45.5 Å². The van der Waals surface area contributed by atoms with Crippen LogP contribution in [0.5, 0.6) is 0 Å². The Hall–Kier alpha value is -8.12. The lowest BCUT2D eigenvalue weighted by Gasteiger charge is -2.48. The normalized spacial score (nSPS) is 16.0. The molecule has 10 aromatic carbocycles. The number of anilines is 8. The second-order valence-electron chi connectivity index (χ2n) is 33.3. The van der Waals surface area contributed by atoms with E-state index >= 15 is 0 Å². The molecule has 0 fully saturated rings. The van der Waals surface area contributed by atoms with E-state index in [0.717, 1.165) is 29.2 Å². The maximum absolute atomic E-state index is 2.82. The Labute approximate surface area is 553 Å². The summed E-state index contributed by atoms with van der Waals surface area (Å²) in [6, 6.07) is 76.8. The molecule has 0 saturated carbocycles. The first-order valence-electron chi connectivity index (χ1n) is 33.8. The highest BCUT2D eigenvalue weighted by molar-refractivity contribution is 7.26. The van der Waals surface area contributed by atoms with E-state index in [0.29, 0.717) is 0 Å². The predicted molar refractivity (Wildman–Crippen MR) is 401 cm³/mol. The lowest BCUT2D eigenvalue weighted by Crippen LogP contribution is -2.62. The van der Waals surface area contributed by atoms with Crippen LogP contribution in [0.3, 0.4) is 0 Å². The summed E-state index contributed by atoms with van der Waals surface area (Å²) in [6.07, 6.45) is 2.34. The van der Waals surface area contributed by atoms with Gasteiger partial charge in [0.2, 0.25) is 0 Å². The van der Waals surface area contributed by atoms with E-state index in [1.165, 1.54) is 138 Å². The van der Waals surface area contributed by atoms with Gasteiger partial charge < -0.3 is 14.6 Å². The topological polar surface area (TPSA) is 9.72 Å². The summed E-state index contributed by atoms with van der Waals surface area (Å²) in [5.74, 6) is 0. The summed E-state index contributed by atoms with van der Waals surface area (Å²) in [5.41, 5.74) is 30.4. The summed E-state index contributed by atoms with van der Waals surface area (Å²) in [7, 11) is 0. The highest BCUT2D eigenvalue weighted by Crippen LogP contribution is 2.61. The molecule has 3 nitrogen and oxygen atoms in total. The molecule has 4 aliphatic rings. The molecule has 0 radical (unpaired) electrons. The fourth-order valence-corrected chi connectivity index (χ4v) is 17.3. The SMILES string of the molecule is CC(C)(C)c1ccc(N2B3c4ccc(N(c5ccc(C(C)(C)C)cc5)c5ccc(C(C)(C)C)cc5)cc4N(c4ccc(C(C)(C)C)cc4-c4ccccc4)c4cc5c(c(c43)-c3ccc4sc6cc7c(cc6c4c32)C(C)(C)CCC7(C)C)C(C)(C)c2ccccc2-5)cc1. The summed E-state index contributed by atoms with van der Waals surface area (Å²) in [5, 5.41) is 2.72. The van der Waals surface area contributed by atoms with Crippen LogP contribution in [0.2, 0.25) is 0 Å². The number of thiophene rings is 1. The van der Waals surface area contributed by atoms with Gasteiger partial charge in [-0.1, -0.05) is 234 Å². The van der Waals surface area contributed by atoms with Crippen LogP contribution < -0.4 is 25.5 Å². The molecule has 0 unspecified atom stereocenters. The van der Waals surface area contributed by atoms with Crippen LogP contribution >= 0.6 is 11.3 Å². The first kappa shape index (κ1) is 60.1. The zero-order valence-corrected chi connectivity index (χ0v) is 58.5. The van der Waals surface area contributed by atoms with Gasteiger partial charge in [-0.2, -0.15) is 0 Å². The van der Waals surface area contributed by atoms with Crippen LogP contribution in [0.25, 0.3) is 53.6 Å². The molecule has 11 aromatic rings. The zero-order chi connectivity index (χ0) is 64.7. The number of benzene rings is 10. The third-order valence-corrected chi connectivity index (χ3v) is 22.8. The van der Waals surface area contributed by atoms with Crippen LogP contribution in [0.1, 0.15) is 182 Å². The van der Waals surface area contributed by atoms with Crippen molar-refractivity contribution in [2.45, 2.75) is 175 Å². The maximum atomic E-state index is 2.82. The van der Waals surface area contributed by atoms with Crippen molar-refractivity contribution in [3.63, 3.8) is 0 Å². The molecule has 3 heterocycles. The molecule has 2 aliphatic heterocycles. The minimum atomic E-state index is -0.320. The van der Waals surface area contributed by atoms with E-state index in [4.69, 9.17) is 0 Å². The fraction of sp³-hybridized carbons (Fsp3) is 0.310. The van der Waals surface area contributed by atoms with Gasteiger partial charge in [-0.3, -0.25) is 0 Å². The summed E-state index contributed by atoms with van der Waals surface area (Å²) >= 11 is 1.98. The van der Waals surface area contributed by atoms with Crippen molar-refractivity contribution in [1.29, 1.82) is 0 Å².